The van der Waals surface area contributed by atoms with Gasteiger partial charge >= 0.3 is 0 Å². The summed E-state index contributed by atoms with van der Waals surface area (Å²) in [5, 5.41) is 3.10. The molecule has 21 heavy (non-hydrogen) atoms. The van der Waals surface area contributed by atoms with Gasteiger partial charge in [-0.2, -0.15) is 0 Å². The number of nitrogens with one attached hydrogen (secondary N) is 2. The van der Waals surface area contributed by atoms with Crippen LogP contribution in [0.4, 0.5) is 21.7 Å². The molecule has 0 aliphatic carbocycles. The number of halogens is 2. The zero-order valence-corrected chi connectivity index (χ0v) is 13.6. The van der Waals surface area contributed by atoms with E-state index in [2.05, 4.69) is 36.6 Å². The Kier molecular flexibility index (Phi) is 4.74. The minimum absolute atomic E-state index is 0.154. The number of nitrogens with two attached hydrogens (primary N) is 1. The normalized spacial score (nSPS) is 10.8. The molecule has 0 fully saturated rings. The molecular formula is C14H17BrFN5. The molecule has 7 heteroatoms. The lowest BCUT2D eigenvalue weighted by molar-refractivity contribution is 0.621. The number of nitrogen functional groups attached to an aromatic ring is 1. The van der Waals surface area contributed by atoms with Crippen LogP contribution in [-0.4, -0.2) is 9.97 Å². The number of hydrogen-bond acceptors (Lipinski definition) is 5. The van der Waals surface area contributed by atoms with Crippen molar-refractivity contribution in [2.45, 2.75) is 26.7 Å². The van der Waals surface area contributed by atoms with Gasteiger partial charge in [0, 0.05) is 17.7 Å². The largest absolute Gasteiger partial charge is 0.340 e. The van der Waals surface area contributed by atoms with E-state index >= 15 is 0 Å². The van der Waals surface area contributed by atoms with E-state index in [-0.39, 0.29) is 11.7 Å². The molecule has 0 aliphatic heterocycles. The monoisotopic (exact) mass is 353 g/mol. The van der Waals surface area contributed by atoms with Gasteiger partial charge in [0.05, 0.1) is 4.47 Å². The molecule has 0 spiro atoms. The van der Waals surface area contributed by atoms with Crippen LogP contribution in [0.2, 0.25) is 0 Å². The Bertz CT molecular complexity index is 660. The summed E-state index contributed by atoms with van der Waals surface area (Å²) in [5.41, 5.74) is 4.05. The van der Waals surface area contributed by atoms with Crippen LogP contribution in [0.1, 0.15) is 31.2 Å². The Morgan fingerprint density at radius 3 is 2.48 bits per heavy atom. The smallest absolute Gasteiger partial charge is 0.145 e. The molecule has 0 amide bonds. The number of aryl methyl sites for hydroxylation is 1. The molecule has 0 saturated heterocycles. The Hall–Kier alpha value is -1.73. The molecule has 1 aromatic heterocycles. The number of nitrogens with zero attached hydrogens (tertiary/aromatic N) is 2. The molecule has 0 unspecified atom stereocenters. The molecule has 4 N–H and O–H groups in total. The summed E-state index contributed by atoms with van der Waals surface area (Å²) in [6.45, 7) is 5.87. The first-order chi connectivity index (χ1) is 9.90. The highest BCUT2D eigenvalue weighted by atomic mass is 79.9. The summed E-state index contributed by atoms with van der Waals surface area (Å²) in [4.78, 5) is 8.70. The summed E-state index contributed by atoms with van der Waals surface area (Å²) in [5.74, 6) is 6.96. The second-order valence-electron chi connectivity index (χ2n) is 5.00. The van der Waals surface area contributed by atoms with E-state index in [1.54, 1.807) is 12.1 Å². The number of hydrogen-bond donors (Lipinski definition) is 3. The van der Waals surface area contributed by atoms with Crippen molar-refractivity contribution < 1.29 is 4.39 Å². The SMILES string of the molecule is Cc1cc(Br)c(F)cc1Nc1cc(NN)nc(C(C)C)n1. The van der Waals surface area contributed by atoms with E-state index in [1.807, 2.05) is 20.8 Å². The van der Waals surface area contributed by atoms with Crippen molar-refractivity contribution in [2.75, 3.05) is 10.7 Å². The summed E-state index contributed by atoms with van der Waals surface area (Å²) < 4.78 is 14.1. The maximum atomic E-state index is 13.7. The average molecular weight is 354 g/mol. The lowest BCUT2D eigenvalue weighted by atomic mass is 10.2. The third kappa shape index (κ3) is 3.68. The van der Waals surface area contributed by atoms with Gasteiger partial charge in [0.15, 0.2) is 0 Å². The van der Waals surface area contributed by atoms with Crippen LogP contribution < -0.4 is 16.6 Å². The summed E-state index contributed by atoms with van der Waals surface area (Å²) in [6.07, 6.45) is 0. The predicted molar refractivity (Wildman–Crippen MR) is 86.1 cm³/mol. The van der Waals surface area contributed by atoms with E-state index in [4.69, 9.17) is 5.84 Å². The fourth-order valence-corrected chi connectivity index (χ4v) is 2.24. The number of aromatic nitrogens is 2. The van der Waals surface area contributed by atoms with Crippen molar-refractivity contribution in [3.8, 4) is 0 Å². The third-order valence-electron chi connectivity index (χ3n) is 2.94. The molecule has 0 aliphatic rings. The summed E-state index contributed by atoms with van der Waals surface area (Å²) in [7, 11) is 0. The maximum Gasteiger partial charge on any atom is 0.145 e. The minimum Gasteiger partial charge on any atom is -0.340 e. The van der Waals surface area contributed by atoms with Gasteiger partial charge in [-0.3, -0.25) is 0 Å². The van der Waals surface area contributed by atoms with Gasteiger partial charge in [-0.1, -0.05) is 13.8 Å². The molecule has 2 aromatic rings. The Morgan fingerprint density at radius 2 is 1.86 bits per heavy atom. The highest BCUT2D eigenvalue weighted by molar-refractivity contribution is 9.10. The Labute approximate surface area is 131 Å². The lowest BCUT2D eigenvalue weighted by Crippen LogP contribution is -2.12. The first kappa shape index (κ1) is 15.7. The van der Waals surface area contributed by atoms with Crippen molar-refractivity contribution >= 4 is 33.3 Å². The van der Waals surface area contributed by atoms with Gasteiger partial charge in [-0.25, -0.2) is 20.2 Å². The van der Waals surface area contributed by atoms with E-state index in [0.717, 1.165) is 5.56 Å². The molecule has 5 nitrogen and oxygen atoms in total. The van der Waals surface area contributed by atoms with E-state index in [1.165, 1.54) is 6.07 Å². The molecule has 2 rings (SSSR count). The molecule has 0 atom stereocenters. The van der Waals surface area contributed by atoms with Gasteiger partial charge < -0.3 is 10.7 Å². The number of hydrazine groups is 1. The Morgan fingerprint density at radius 1 is 1.19 bits per heavy atom. The van der Waals surface area contributed by atoms with E-state index in [0.29, 0.717) is 27.6 Å². The topological polar surface area (TPSA) is 75.9 Å². The van der Waals surface area contributed by atoms with E-state index < -0.39 is 0 Å². The minimum atomic E-state index is -0.335. The second-order valence-corrected chi connectivity index (χ2v) is 5.86. The number of benzene rings is 1. The third-order valence-corrected chi connectivity index (χ3v) is 3.55. The molecule has 0 bridgehead atoms. The maximum absolute atomic E-state index is 13.7. The van der Waals surface area contributed by atoms with Crippen LogP contribution in [0.3, 0.4) is 0 Å². The van der Waals surface area contributed by atoms with Crippen LogP contribution in [0, 0.1) is 12.7 Å². The van der Waals surface area contributed by atoms with Gasteiger partial charge in [0.25, 0.3) is 0 Å². The van der Waals surface area contributed by atoms with Crippen LogP contribution in [0.15, 0.2) is 22.7 Å². The molecular weight excluding hydrogens is 337 g/mol. The molecule has 1 aromatic carbocycles. The first-order valence-electron chi connectivity index (χ1n) is 6.49. The van der Waals surface area contributed by atoms with Crippen molar-refractivity contribution in [3.63, 3.8) is 0 Å². The molecule has 0 saturated carbocycles. The fourth-order valence-electron chi connectivity index (χ4n) is 1.78. The zero-order chi connectivity index (χ0) is 15.6. The zero-order valence-electron chi connectivity index (χ0n) is 12.0. The molecule has 112 valence electrons. The van der Waals surface area contributed by atoms with Gasteiger partial charge in [-0.15, -0.1) is 0 Å². The Balaban J connectivity index is 2.39. The van der Waals surface area contributed by atoms with Crippen LogP contribution in [-0.2, 0) is 0 Å². The van der Waals surface area contributed by atoms with Crippen molar-refractivity contribution in [3.05, 3.63) is 39.9 Å². The summed E-state index contributed by atoms with van der Waals surface area (Å²) >= 11 is 3.16. The van der Waals surface area contributed by atoms with E-state index in [9.17, 15) is 4.39 Å². The number of rotatable bonds is 4. The van der Waals surface area contributed by atoms with Crippen molar-refractivity contribution in [2.24, 2.45) is 5.84 Å². The van der Waals surface area contributed by atoms with Crippen LogP contribution in [0.5, 0.6) is 0 Å². The second kappa shape index (κ2) is 6.36. The van der Waals surface area contributed by atoms with Crippen molar-refractivity contribution in [1.82, 2.24) is 9.97 Å². The lowest BCUT2D eigenvalue weighted by Gasteiger charge is -2.13. The van der Waals surface area contributed by atoms with Gasteiger partial charge in [0.2, 0.25) is 0 Å². The summed E-state index contributed by atoms with van der Waals surface area (Å²) in [6, 6.07) is 4.81. The highest BCUT2D eigenvalue weighted by Crippen LogP contribution is 2.27. The van der Waals surface area contributed by atoms with Crippen LogP contribution in [0.25, 0.3) is 0 Å². The standard InChI is InChI=1S/C14H17BrFN5/c1-7(2)14-19-12(6-13(20-14)21-17)18-11-5-10(16)9(15)4-8(11)3/h4-7H,17H2,1-3H3,(H2,18,19,20,21). The first-order valence-corrected chi connectivity index (χ1v) is 7.28. The van der Waals surface area contributed by atoms with Crippen LogP contribution >= 0.6 is 15.9 Å². The highest BCUT2D eigenvalue weighted by Gasteiger charge is 2.10. The van der Waals surface area contributed by atoms with Crippen molar-refractivity contribution in [1.29, 1.82) is 0 Å². The predicted octanol–water partition coefficient (Wildman–Crippen LogP) is 3.84. The molecule has 1 heterocycles. The molecule has 0 radical (unpaired) electrons. The number of anilines is 3. The quantitative estimate of drug-likeness (QED) is 0.575. The fraction of sp³-hybridized carbons (Fsp3) is 0.286. The van der Waals surface area contributed by atoms with Gasteiger partial charge in [-0.05, 0) is 40.5 Å². The average Bonchev–Trinajstić information content (AvgIpc) is 2.44. The van der Waals surface area contributed by atoms with Gasteiger partial charge in [0.1, 0.15) is 23.3 Å².